The van der Waals surface area contributed by atoms with Gasteiger partial charge < -0.3 is 14.8 Å². The molecule has 0 bridgehead atoms. The van der Waals surface area contributed by atoms with Crippen LogP contribution in [0.4, 0.5) is 11.4 Å². The number of amides is 1. The summed E-state index contributed by atoms with van der Waals surface area (Å²) in [6, 6.07) is 8.81. The number of aromatic nitrogens is 2. The number of halogens is 1. The molecule has 0 saturated heterocycles. The Hall–Kier alpha value is -3.15. The highest BCUT2D eigenvalue weighted by Crippen LogP contribution is 2.30. The van der Waals surface area contributed by atoms with E-state index in [4.69, 9.17) is 21.1 Å². The summed E-state index contributed by atoms with van der Waals surface area (Å²) < 4.78 is 12.3. The number of rotatable bonds is 11. The van der Waals surface area contributed by atoms with E-state index in [1.807, 2.05) is 13.8 Å². The minimum absolute atomic E-state index is 0.0713. The number of benzene rings is 2. The Labute approximate surface area is 217 Å². The van der Waals surface area contributed by atoms with Crippen LogP contribution in [-0.4, -0.2) is 45.5 Å². The molecule has 1 amide bonds. The number of nitro groups is 1. The van der Waals surface area contributed by atoms with E-state index in [1.165, 1.54) is 29.9 Å². The third-order valence-electron chi connectivity index (χ3n) is 5.16. The summed E-state index contributed by atoms with van der Waals surface area (Å²) >= 11 is 7.21. The smallest absolute Gasteiger partial charge is 0.271 e. The first-order chi connectivity index (χ1) is 17.1. The Morgan fingerprint density at radius 1 is 1.25 bits per heavy atom. The van der Waals surface area contributed by atoms with Gasteiger partial charge in [-0.2, -0.15) is 0 Å². The van der Waals surface area contributed by atoms with Gasteiger partial charge in [0.2, 0.25) is 5.91 Å². The molecule has 0 spiro atoms. The number of nitro benzene ring substituents is 1. The number of methoxy groups -OCH3 is 1. The molecule has 0 radical (unpaired) electrons. The minimum Gasteiger partial charge on any atom is -0.495 e. The molecule has 1 atom stereocenters. The standard InChI is InChI=1S/C24H27ClN4O6S/c1-14(2)35-11-5-10-28-23(31)18-8-6-16(25)12-19(18)27-24(28)36-15(3)22(30)26-20-13-17(29(32)33)7-9-21(20)34-4/h6-9,12-15H,5,10-11H2,1-4H3,(H,26,30). The van der Waals surface area contributed by atoms with Crippen LogP contribution in [0.3, 0.4) is 0 Å². The number of hydrogen-bond acceptors (Lipinski definition) is 8. The zero-order valence-electron chi connectivity index (χ0n) is 20.3. The minimum atomic E-state index is -0.698. The van der Waals surface area contributed by atoms with Crippen LogP contribution in [0.1, 0.15) is 27.2 Å². The number of nitrogens with one attached hydrogen (secondary N) is 1. The maximum Gasteiger partial charge on any atom is 0.271 e. The van der Waals surface area contributed by atoms with E-state index < -0.39 is 16.1 Å². The van der Waals surface area contributed by atoms with Gasteiger partial charge in [-0.1, -0.05) is 23.4 Å². The molecule has 1 N–H and O–H groups in total. The quantitative estimate of drug-likeness (QED) is 0.121. The van der Waals surface area contributed by atoms with Crippen molar-refractivity contribution in [1.82, 2.24) is 9.55 Å². The Bertz CT molecular complexity index is 1330. The molecule has 0 aliphatic carbocycles. The summed E-state index contributed by atoms with van der Waals surface area (Å²) in [5.41, 5.74) is 0.178. The van der Waals surface area contributed by atoms with Crippen LogP contribution < -0.4 is 15.6 Å². The molecule has 2 aromatic carbocycles. The molecule has 0 fully saturated rings. The molecule has 1 aromatic heterocycles. The molecule has 10 nitrogen and oxygen atoms in total. The molecule has 0 aliphatic rings. The molecule has 12 heteroatoms. The van der Waals surface area contributed by atoms with Gasteiger partial charge in [0.1, 0.15) is 5.75 Å². The normalized spacial score (nSPS) is 12.1. The van der Waals surface area contributed by atoms with E-state index in [9.17, 15) is 19.7 Å². The first kappa shape index (κ1) is 27.4. The SMILES string of the molecule is COc1ccc([N+](=O)[O-])cc1NC(=O)C(C)Sc1nc2cc(Cl)ccc2c(=O)n1CCCOC(C)C. The first-order valence-corrected chi connectivity index (χ1v) is 12.5. The van der Waals surface area contributed by atoms with Gasteiger partial charge in [0.15, 0.2) is 5.16 Å². The van der Waals surface area contributed by atoms with E-state index in [-0.39, 0.29) is 28.8 Å². The van der Waals surface area contributed by atoms with Crippen molar-refractivity contribution in [3.05, 3.63) is 61.9 Å². The summed E-state index contributed by atoms with van der Waals surface area (Å²) in [6.07, 6.45) is 0.652. The fourth-order valence-electron chi connectivity index (χ4n) is 3.36. The van der Waals surface area contributed by atoms with Crippen LogP contribution in [-0.2, 0) is 16.1 Å². The van der Waals surface area contributed by atoms with E-state index >= 15 is 0 Å². The lowest BCUT2D eigenvalue weighted by Gasteiger charge is -2.17. The number of hydrogen-bond donors (Lipinski definition) is 1. The largest absolute Gasteiger partial charge is 0.495 e. The second-order valence-electron chi connectivity index (χ2n) is 8.18. The Balaban J connectivity index is 1.88. The van der Waals surface area contributed by atoms with Gasteiger partial charge in [0.05, 0.1) is 40.0 Å². The average Bonchev–Trinajstić information content (AvgIpc) is 2.82. The summed E-state index contributed by atoms with van der Waals surface area (Å²) in [4.78, 5) is 41.5. The highest BCUT2D eigenvalue weighted by atomic mass is 35.5. The van der Waals surface area contributed by atoms with Crippen LogP contribution in [0.15, 0.2) is 46.3 Å². The fourth-order valence-corrected chi connectivity index (χ4v) is 4.46. The van der Waals surface area contributed by atoms with E-state index in [2.05, 4.69) is 10.3 Å². The van der Waals surface area contributed by atoms with Crippen LogP contribution in [0.5, 0.6) is 5.75 Å². The highest BCUT2D eigenvalue weighted by Gasteiger charge is 2.22. The third kappa shape index (κ3) is 6.74. The van der Waals surface area contributed by atoms with Crippen molar-refractivity contribution in [2.24, 2.45) is 0 Å². The van der Waals surface area contributed by atoms with Crippen molar-refractivity contribution in [3.63, 3.8) is 0 Å². The number of fused-ring (bicyclic) bond motifs is 1. The molecule has 3 rings (SSSR count). The molecule has 0 saturated carbocycles. The summed E-state index contributed by atoms with van der Waals surface area (Å²) in [6.45, 7) is 6.35. The van der Waals surface area contributed by atoms with Crippen LogP contribution in [0.2, 0.25) is 5.02 Å². The van der Waals surface area contributed by atoms with Crippen LogP contribution >= 0.6 is 23.4 Å². The van der Waals surface area contributed by atoms with Gasteiger partial charge in [-0.15, -0.1) is 0 Å². The van der Waals surface area contributed by atoms with E-state index in [0.717, 1.165) is 11.8 Å². The van der Waals surface area contributed by atoms with Gasteiger partial charge in [-0.3, -0.25) is 24.3 Å². The maximum atomic E-state index is 13.3. The lowest BCUT2D eigenvalue weighted by Crippen LogP contribution is -2.27. The molecule has 1 heterocycles. The maximum absolute atomic E-state index is 13.3. The fraction of sp³-hybridized carbons (Fsp3) is 0.375. The van der Waals surface area contributed by atoms with Gasteiger partial charge in [-0.25, -0.2) is 4.98 Å². The molecular weight excluding hydrogens is 508 g/mol. The number of carbonyl (C=O) groups excluding carboxylic acids is 1. The number of thioether (sulfide) groups is 1. The Kier molecular flexibility index (Phi) is 9.30. The first-order valence-electron chi connectivity index (χ1n) is 11.2. The number of anilines is 1. The van der Waals surface area contributed by atoms with E-state index in [0.29, 0.717) is 40.7 Å². The third-order valence-corrected chi connectivity index (χ3v) is 6.49. The molecule has 192 valence electrons. The number of nitrogens with zero attached hydrogens (tertiary/aromatic N) is 3. The summed E-state index contributed by atoms with van der Waals surface area (Å²) in [5, 5.41) is 14.3. The lowest BCUT2D eigenvalue weighted by molar-refractivity contribution is -0.384. The molecular formula is C24H27ClN4O6S. The molecule has 3 aromatic rings. The number of non-ortho nitro benzene ring substituents is 1. The van der Waals surface area contributed by atoms with Crippen molar-refractivity contribution >= 4 is 51.5 Å². The van der Waals surface area contributed by atoms with Gasteiger partial charge in [0.25, 0.3) is 11.2 Å². The predicted molar refractivity (Wildman–Crippen MR) is 140 cm³/mol. The highest BCUT2D eigenvalue weighted by molar-refractivity contribution is 8.00. The molecule has 0 aliphatic heterocycles. The molecule has 36 heavy (non-hydrogen) atoms. The van der Waals surface area contributed by atoms with Crippen molar-refractivity contribution in [1.29, 1.82) is 0 Å². The van der Waals surface area contributed by atoms with Crippen molar-refractivity contribution in [2.45, 2.75) is 50.2 Å². The van der Waals surface area contributed by atoms with Crippen molar-refractivity contribution < 1.29 is 19.2 Å². The number of carbonyl (C=O) groups is 1. The summed E-state index contributed by atoms with van der Waals surface area (Å²) in [7, 11) is 1.40. The zero-order chi connectivity index (χ0) is 26.4. The van der Waals surface area contributed by atoms with Crippen molar-refractivity contribution in [2.75, 3.05) is 19.0 Å². The van der Waals surface area contributed by atoms with Gasteiger partial charge >= 0.3 is 0 Å². The van der Waals surface area contributed by atoms with Gasteiger partial charge in [-0.05, 0) is 51.5 Å². The van der Waals surface area contributed by atoms with Crippen LogP contribution in [0, 0.1) is 10.1 Å². The predicted octanol–water partition coefficient (Wildman–Crippen LogP) is 4.90. The second kappa shape index (κ2) is 12.2. The molecule has 1 unspecified atom stereocenters. The van der Waals surface area contributed by atoms with E-state index in [1.54, 1.807) is 25.1 Å². The lowest BCUT2D eigenvalue weighted by atomic mass is 10.2. The summed E-state index contributed by atoms with van der Waals surface area (Å²) in [5.74, 6) is -0.152. The monoisotopic (exact) mass is 534 g/mol. The second-order valence-corrected chi connectivity index (χ2v) is 9.92. The Morgan fingerprint density at radius 3 is 2.67 bits per heavy atom. The van der Waals surface area contributed by atoms with Crippen LogP contribution in [0.25, 0.3) is 10.9 Å². The van der Waals surface area contributed by atoms with Crippen molar-refractivity contribution in [3.8, 4) is 5.75 Å². The zero-order valence-corrected chi connectivity index (χ0v) is 21.9. The Morgan fingerprint density at radius 2 is 2.00 bits per heavy atom. The van der Waals surface area contributed by atoms with Gasteiger partial charge in [0, 0.05) is 30.3 Å². The topological polar surface area (TPSA) is 126 Å². The average molecular weight is 535 g/mol. The number of ether oxygens (including phenoxy) is 2.